The Balaban J connectivity index is 1.33. The summed E-state index contributed by atoms with van der Waals surface area (Å²) in [4.78, 5) is 29.7. The number of benzene rings is 4. The van der Waals surface area contributed by atoms with Crippen molar-refractivity contribution in [1.29, 1.82) is 0 Å². The van der Waals surface area contributed by atoms with E-state index in [9.17, 15) is 9.59 Å². The number of fused-ring (bicyclic) bond motifs is 1. The molecule has 1 heterocycles. The molecule has 0 radical (unpaired) electrons. The van der Waals surface area contributed by atoms with Crippen molar-refractivity contribution in [2.45, 2.75) is 24.9 Å². The van der Waals surface area contributed by atoms with Crippen molar-refractivity contribution in [2.75, 3.05) is 4.90 Å². The summed E-state index contributed by atoms with van der Waals surface area (Å²) >= 11 is 7.65. The van der Waals surface area contributed by atoms with Crippen LogP contribution in [-0.2, 0) is 17.9 Å². The smallest absolute Gasteiger partial charge is 0.265 e. The summed E-state index contributed by atoms with van der Waals surface area (Å²) in [7, 11) is 0. The molecule has 184 valence electrons. The molecule has 0 aliphatic carbocycles. The average molecular weight is 525 g/mol. The number of carbonyl (C=O) groups excluding carboxylic acids is 2. The number of para-hydroxylation sites is 1. The molecule has 1 N–H and O–H groups in total. The van der Waals surface area contributed by atoms with Gasteiger partial charge in [0, 0.05) is 22.0 Å². The number of hydrogen-bond acceptors (Lipinski definition) is 3. The van der Waals surface area contributed by atoms with Crippen LogP contribution in [-0.4, -0.2) is 11.8 Å². The van der Waals surface area contributed by atoms with Gasteiger partial charge in [0.1, 0.15) is 0 Å². The predicted octanol–water partition coefficient (Wildman–Crippen LogP) is 7.26. The van der Waals surface area contributed by atoms with Gasteiger partial charge in [-0.2, -0.15) is 0 Å². The maximum atomic E-state index is 13.5. The second-order valence-electron chi connectivity index (χ2n) is 8.85. The van der Waals surface area contributed by atoms with E-state index in [0.29, 0.717) is 28.6 Å². The molecule has 1 aliphatic rings. The number of nitrogens with zero attached hydrogens (tertiary/aromatic N) is 1. The van der Waals surface area contributed by atoms with Crippen LogP contribution in [0.1, 0.15) is 32.6 Å². The number of halogens is 1. The summed E-state index contributed by atoms with van der Waals surface area (Å²) in [5.74, 6) is -0.216. The average Bonchev–Trinajstić information content (AvgIpc) is 2.92. The lowest BCUT2D eigenvalue weighted by atomic mass is 10.1. The Hall–Kier alpha value is -3.80. The van der Waals surface area contributed by atoms with E-state index in [1.807, 2.05) is 65.6 Å². The highest BCUT2D eigenvalue weighted by atomic mass is 35.5. The fourth-order valence-electron chi connectivity index (χ4n) is 4.10. The summed E-state index contributed by atoms with van der Waals surface area (Å²) in [5.41, 5.74) is 5.44. The van der Waals surface area contributed by atoms with Crippen LogP contribution in [0.5, 0.6) is 0 Å². The molecule has 4 nitrogen and oxygen atoms in total. The van der Waals surface area contributed by atoms with Crippen molar-refractivity contribution in [3.63, 3.8) is 0 Å². The first kappa shape index (κ1) is 24.9. The highest BCUT2D eigenvalue weighted by Gasteiger charge is 2.29. The monoisotopic (exact) mass is 524 g/mol. The third-order valence-corrected chi connectivity index (χ3v) is 7.61. The summed E-state index contributed by atoms with van der Waals surface area (Å²) in [5, 5.41) is 3.53. The number of aryl methyl sites for hydroxylation is 1. The quantitative estimate of drug-likeness (QED) is 0.270. The molecule has 0 saturated carbocycles. The first-order valence-electron chi connectivity index (χ1n) is 12.0. The Morgan fingerprint density at radius 2 is 1.62 bits per heavy atom. The number of anilines is 1. The highest BCUT2D eigenvalue weighted by Crippen LogP contribution is 2.42. The normalized spacial score (nSPS) is 13.9. The maximum absolute atomic E-state index is 13.5. The van der Waals surface area contributed by atoms with Gasteiger partial charge < -0.3 is 10.2 Å². The highest BCUT2D eigenvalue weighted by molar-refractivity contribution is 8.04. The van der Waals surface area contributed by atoms with Crippen LogP contribution in [0.4, 0.5) is 5.69 Å². The molecular formula is C31H25ClN2O2S. The molecule has 1 aliphatic heterocycles. The molecule has 37 heavy (non-hydrogen) atoms. The van der Waals surface area contributed by atoms with E-state index in [-0.39, 0.29) is 11.8 Å². The fourth-order valence-corrected chi connectivity index (χ4v) is 5.36. The number of amides is 2. The molecule has 6 heteroatoms. The van der Waals surface area contributed by atoms with Gasteiger partial charge in [0.2, 0.25) is 0 Å². The Labute approximate surface area is 226 Å². The lowest BCUT2D eigenvalue weighted by Gasteiger charge is -2.30. The second kappa shape index (κ2) is 11.1. The molecule has 4 aromatic rings. The molecule has 0 spiro atoms. The van der Waals surface area contributed by atoms with Crippen LogP contribution in [0.15, 0.2) is 107 Å². The van der Waals surface area contributed by atoms with Gasteiger partial charge >= 0.3 is 0 Å². The molecule has 5 rings (SSSR count). The van der Waals surface area contributed by atoms with Gasteiger partial charge in [-0.05, 0) is 60.0 Å². The summed E-state index contributed by atoms with van der Waals surface area (Å²) in [6.45, 7) is 2.90. The van der Waals surface area contributed by atoms with Gasteiger partial charge in [-0.1, -0.05) is 95.7 Å². The Morgan fingerprint density at radius 3 is 2.38 bits per heavy atom. The van der Waals surface area contributed by atoms with Crippen LogP contribution in [0.2, 0.25) is 5.02 Å². The number of thioether (sulfide) groups is 1. The number of carbonyl (C=O) groups is 2. The third-order valence-electron chi connectivity index (χ3n) is 6.16. The van der Waals surface area contributed by atoms with Crippen molar-refractivity contribution >= 4 is 46.9 Å². The molecule has 0 aromatic heterocycles. The first-order chi connectivity index (χ1) is 18.0. The molecule has 2 amide bonds. The zero-order valence-corrected chi connectivity index (χ0v) is 21.9. The SMILES string of the molecule is Cc1ccc(CN2C(=O)/C(=C\c3ccc(C(=O)NCc4ccccc4Cl)cc3)Sc3ccccc32)cc1. The van der Waals surface area contributed by atoms with Crippen LogP contribution in [0.25, 0.3) is 6.08 Å². The second-order valence-corrected chi connectivity index (χ2v) is 10.3. The molecule has 0 saturated heterocycles. The Bertz CT molecular complexity index is 1480. The van der Waals surface area contributed by atoms with Crippen LogP contribution < -0.4 is 10.2 Å². The number of nitrogens with one attached hydrogen (secondary N) is 1. The van der Waals surface area contributed by atoms with Crippen molar-refractivity contribution in [3.8, 4) is 0 Å². The third kappa shape index (κ3) is 5.79. The van der Waals surface area contributed by atoms with E-state index in [4.69, 9.17) is 11.6 Å². The van der Waals surface area contributed by atoms with Gasteiger partial charge in [-0.15, -0.1) is 0 Å². The Morgan fingerprint density at radius 1 is 0.919 bits per heavy atom. The molecule has 0 unspecified atom stereocenters. The van der Waals surface area contributed by atoms with Crippen molar-refractivity contribution < 1.29 is 9.59 Å². The zero-order valence-electron chi connectivity index (χ0n) is 20.3. The minimum atomic E-state index is -0.180. The molecule has 4 aromatic carbocycles. The van der Waals surface area contributed by atoms with Crippen LogP contribution >= 0.6 is 23.4 Å². The molecular weight excluding hydrogens is 500 g/mol. The number of hydrogen-bond donors (Lipinski definition) is 1. The van der Waals surface area contributed by atoms with Crippen LogP contribution in [0, 0.1) is 6.92 Å². The minimum Gasteiger partial charge on any atom is -0.348 e. The zero-order chi connectivity index (χ0) is 25.8. The maximum Gasteiger partial charge on any atom is 0.265 e. The van der Waals surface area contributed by atoms with E-state index in [2.05, 4.69) is 36.5 Å². The van der Waals surface area contributed by atoms with E-state index in [1.54, 1.807) is 18.2 Å². The minimum absolute atomic E-state index is 0.0363. The van der Waals surface area contributed by atoms with E-state index in [0.717, 1.165) is 27.3 Å². The number of rotatable bonds is 6. The molecule has 0 atom stereocenters. The van der Waals surface area contributed by atoms with Crippen molar-refractivity contribution in [3.05, 3.63) is 135 Å². The predicted molar refractivity (Wildman–Crippen MR) is 152 cm³/mol. The van der Waals surface area contributed by atoms with Gasteiger partial charge in [-0.25, -0.2) is 0 Å². The van der Waals surface area contributed by atoms with Crippen molar-refractivity contribution in [1.82, 2.24) is 5.32 Å². The largest absolute Gasteiger partial charge is 0.348 e. The fraction of sp³-hybridized carbons (Fsp3) is 0.0968. The van der Waals surface area contributed by atoms with Gasteiger partial charge in [0.15, 0.2) is 0 Å². The standard InChI is InChI=1S/C31H25ClN2O2S/c1-21-10-12-23(13-11-21)20-34-27-8-4-5-9-28(27)37-29(31(34)36)18-22-14-16-24(17-15-22)30(35)33-19-25-6-2-3-7-26(25)32/h2-18H,19-20H2,1H3,(H,33,35)/b29-18+. The lowest BCUT2D eigenvalue weighted by molar-refractivity contribution is -0.114. The lowest BCUT2D eigenvalue weighted by Crippen LogP contribution is -2.33. The van der Waals surface area contributed by atoms with Gasteiger partial charge in [0.05, 0.1) is 17.1 Å². The summed E-state index contributed by atoms with van der Waals surface area (Å²) in [6.07, 6.45) is 1.89. The first-order valence-corrected chi connectivity index (χ1v) is 13.1. The molecule has 0 bridgehead atoms. The molecule has 0 fully saturated rings. The van der Waals surface area contributed by atoms with E-state index in [1.165, 1.54) is 17.3 Å². The van der Waals surface area contributed by atoms with Crippen LogP contribution in [0.3, 0.4) is 0 Å². The van der Waals surface area contributed by atoms with Gasteiger partial charge in [-0.3, -0.25) is 9.59 Å². The van der Waals surface area contributed by atoms with Crippen molar-refractivity contribution in [2.24, 2.45) is 0 Å². The van der Waals surface area contributed by atoms with E-state index >= 15 is 0 Å². The Kier molecular flexibility index (Phi) is 7.45. The van der Waals surface area contributed by atoms with Gasteiger partial charge in [0.25, 0.3) is 11.8 Å². The topological polar surface area (TPSA) is 49.4 Å². The summed E-state index contributed by atoms with van der Waals surface area (Å²) < 4.78 is 0. The summed E-state index contributed by atoms with van der Waals surface area (Å²) in [6, 6.07) is 30.9. The van der Waals surface area contributed by atoms with E-state index < -0.39 is 0 Å².